The molecule has 1 atom stereocenters. The van der Waals surface area contributed by atoms with Crippen LogP contribution in [0.1, 0.15) is 39.8 Å². The van der Waals surface area contributed by atoms with E-state index in [4.69, 9.17) is 4.74 Å². The lowest BCUT2D eigenvalue weighted by Gasteiger charge is -2.18. The number of nitrogens with zero attached hydrogens (tertiary/aromatic N) is 3. The number of ether oxygens (including phenoxy) is 1. The first-order chi connectivity index (χ1) is 13.3. The van der Waals surface area contributed by atoms with Crippen LogP contribution in [-0.2, 0) is 10.2 Å². The number of carbonyl (C=O) groups excluding carboxylic acids is 1. The summed E-state index contributed by atoms with van der Waals surface area (Å²) < 4.78 is 20.5. The molecule has 1 aromatic carbocycles. The van der Waals surface area contributed by atoms with Crippen LogP contribution in [0.4, 0.5) is 15.0 Å². The van der Waals surface area contributed by atoms with Crippen LogP contribution in [0.25, 0.3) is 5.69 Å². The van der Waals surface area contributed by atoms with Crippen LogP contribution in [0.2, 0.25) is 0 Å². The number of anilines is 1. The Kier molecular flexibility index (Phi) is 6.03. The fourth-order valence-corrected chi connectivity index (χ4v) is 3.24. The first-order valence-electron chi connectivity index (χ1n) is 9.78. The molecule has 1 saturated heterocycles. The van der Waals surface area contributed by atoms with Gasteiger partial charge in [-0.2, -0.15) is 5.10 Å². The summed E-state index contributed by atoms with van der Waals surface area (Å²) in [4.78, 5) is 14.6. The van der Waals surface area contributed by atoms with Crippen LogP contribution < -0.4 is 5.32 Å². The van der Waals surface area contributed by atoms with Crippen molar-refractivity contribution >= 4 is 11.8 Å². The summed E-state index contributed by atoms with van der Waals surface area (Å²) in [5, 5.41) is 7.65. The highest BCUT2D eigenvalue weighted by atomic mass is 19.1. The van der Waals surface area contributed by atoms with E-state index < -0.39 is 0 Å². The van der Waals surface area contributed by atoms with Gasteiger partial charge in [0.05, 0.1) is 18.0 Å². The van der Waals surface area contributed by atoms with Crippen molar-refractivity contribution in [3.8, 4) is 5.69 Å². The second-order valence-corrected chi connectivity index (χ2v) is 8.24. The lowest BCUT2D eigenvalue weighted by Crippen LogP contribution is -2.34. The molecule has 7 heteroatoms. The maximum atomic E-state index is 13.3. The molecule has 2 aromatic rings. The number of hydrogen-bond acceptors (Lipinski definition) is 3. The van der Waals surface area contributed by atoms with Crippen LogP contribution >= 0.6 is 0 Å². The summed E-state index contributed by atoms with van der Waals surface area (Å²) in [5.41, 5.74) is 1.37. The summed E-state index contributed by atoms with van der Waals surface area (Å²) in [6.07, 6.45) is 0.942. The van der Waals surface area contributed by atoms with Crippen molar-refractivity contribution in [2.45, 2.75) is 39.5 Å². The number of amides is 2. The van der Waals surface area contributed by atoms with E-state index in [1.54, 1.807) is 16.8 Å². The van der Waals surface area contributed by atoms with Gasteiger partial charge < -0.3 is 9.64 Å². The molecular formula is C21H29FN4O2. The third-order valence-electron chi connectivity index (χ3n) is 4.91. The van der Waals surface area contributed by atoms with E-state index in [2.05, 4.69) is 31.2 Å². The molecular weight excluding hydrogens is 359 g/mol. The van der Waals surface area contributed by atoms with E-state index in [1.807, 2.05) is 17.9 Å². The largest absolute Gasteiger partial charge is 0.381 e. The number of likely N-dealkylation sites (tertiary alicyclic amines) is 1. The van der Waals surface area contributed by atoms with Gasteiger partial charge in [-0.3, -0.25) is 5.32 Å². The average Bonchev–Trinajstić information content (AvgIpc) is 3.27. The molecule has 0 bridgehead atoms. The summed E-state index contributed by atoms with van der Waals surface area (Å²) in [6, 6.07) is 7.81. The van der Waals surface area contributed by atoms with Gasteiger partial charge in [-0.15, -0.1) is 0 Å². The van der Waals surface area contributed by atoms with Crippen molar-refractivity contribution in [1.29, 1.82) is 0 Å². The molecule has 0 saturated carbocycles. The zero-order valence-electron chi connectivity index (χ0n) is 17.0. The van der Waals surface area contributed by atoms with Gasteiger partial charge >= 0.3 is 6.03 Å². The molecule has 152 valence electrons. The minimum Gasteiger partial charge on any atom is -0.381 e. The van der Waals surface area contributed by atoms with E-state index in [0.29, 0.717) is 43.7 Å². The molecule has 0 spiro atoms. The van der Waals surface area contributed by atoms with Crippen molar-refractivity contribution in [1.82, 2.24) is 14.7 Å². The number of aromatic nitrogens is 2. The molecule has 1 fully saturated rings. The van der Waals surface area contributed by atoms with Crippen molar-refractivity contribution < 1.29 is 13.9 Å². The van der Waals surface area contributed by atoms with Gasteiger partial charge in [0.1, 0.15) is 11.6 Å². The number of hydrogen-bond donors (Lipinski definition) is 1. The Balaban J connectivity index is 1.80. The standard InChI is InChI=1S/C21H29FN4O2/c1-5-28-14-15-10-11-25(13-15)20(27)23-19-12-18(21(2,3)4)24-26(19)17-8-6-16(22)7-9-17/h6-9,12,15H,5,10-11,13-14H2,1-4H3,(H,23,27). The van der Waals surface area contributed by atoms with Crippen LogP contribution in [0.3, 0.4) is 0 Å². The smallest absolute Gasteiger partial charge is 0.323 e. The second kappa shape index (κ2) is 8.31. The van der Waals surface area contributed by atoms with Crippen molar-refractivity contribution in [2.75, 3.05) is 31.6 Å². The Morgan fingerprint density at radius 1 is 1.32 bits per heavy atom. The molecule has 1 aliphatic heterocycles. The van der Waals surface area contributed by atoms with E-state index in [1.165, 1.54) is 12.1 Å². The Labute approximate surface area is 165 Å². The highest BCUT2D eigenvalue weighted by Gasteiger charge is 2.28. The lowest BCUT2D eigenvalue weighted by molar-refractivity contribution is 0.113. The predicted molar refractivity (Wildman–Crippen MR) is 107 cm³/mol. The molecule has 2 heterocycles. The molecule has 28 heavy (non-hydrogen) atoms. The van der Waals surface area contributed by atoms with Crippen LogP contribution in [0.15, 0.2) is 30.3 Å². The molecule has 1 aromatic heterocycles. The Bertz CT molecular complexity index is 811. The zero-order valence-corrected chi connectivity index (χ0v) is 17.0. The van der Waals surface area contributed by atoms with Gasteiger partial charge in [0.15, 0.2) is 0 Å². The van der Waals surface area contributed by atoms with Crippen molar-refractivity contribution in [2.24, 2.45) is 5.92 Å². The minimum atomic E-state index is -0.310. The third kappa shape index (κ3) is 4.70. The molecule has 0 radical (unpaired) electrons. The molecule has 3 rings (SSSR count). The van der Waals surface area contributed by atoms with E-state index in [9.17, 15) is 9.18 Å². The summed E-state index contributed by atoms with van der Waals surface area (Å²) in [7, 11) is 0. The number of rotatable bonds is 5. The molecule has 1 unspecified atom stereocenters. The SMILES string of the molecule is CCOCC1CCN(C(=O)Nc2cc(C(C)(C)C)nn2-c2ccc(F)cc2)C1. The Hall–Kier alpha value is -2.41. The number of halogens is 1. The van der Waals surface area contributed by atoms with Gasteiger partial charge in [-0.25, -0.2) is 13.9 Å². The molecule has 0 aliphatic carbocycles. The fraction of sp³-hybridized carbons (Fsp3) is 0.524. The number of nitrogens with one attached hydrogen (secondary N) is 1. The number of urea groups is 1. The van der Waals surface area contributed by atoms with Gasteiger partial charge in [-0.05, 0) is 37.6 Å². The van der Waals surface area contributed by atoms with E-state index >= 15 is 0 Å². The van der Waals surface area contributed by atoms with Crippen LogP contribution in [0.5, 0.6) is 0 Å². The lowest BCUT2D eigenvalue weighted by atomic mass is 9.92. The van der Waals surface area contributed by atoms with Gasteiger partial charge in [-0.1, -0.05) is 20.8 Å². The van der Waals surface area contributed by atoms with Gasteiger partial charge in [0, 0.05) is 37.1 Å². The van der Waals surface area contributed by atoms with Crippen molar-refractivity contribution in [3.05, 3.63) is 41.8 Å². The minimum absolute atomic E-state index is 0.150. The van der Waals surface area contributed by atoms with E-state index in [-0.39, 0.29) is 17.3 Å². The Morgan fingerprint density at radius 2 is 2.04 bits per heavy atom. The zero-order chi connectivity index (χ0) is 20.3. The maximum Gasteiger partial charge on any atom is 0.323 e. The summed E-state index contributed by atoms with van der Waals surface area (Å²) in [5.74, 6) is 0.641. The average molecular weight is 388 g/mol. The fourth-order valence-electron chi connectivity index (χ4n) is 3.24. The van der Waals surface area contributed by atoms with Gasteiger partial charge in [0.25, 0.3) is 0 Å². The quantitative estimate of drug-likeness (QED) is 0.835. The second-order valence-electron chi connectivity index (χ2n) is 8.24. The summed E-state index contributed by atoms with van der Waals surface area (Å²) >= 11 is 0. The monoisotopic (exact) mass is 388 g/mol. The first kappa shape index (κ1) is 20.3. The maximum absolute atomic E-state index is 13.3. The molecule has 1 aliphatic rings. The van der Waals surface area contributed by atoms with Crippen LogP contribution in [0, 0.1) is 11.7 Å². The molecule has 2 amide bonds. The number of benzene rings is 1. The third-order valence-corrected chi connectivity index (χ3v) is 4.91. The topological polar surface area (TPSA) is 59.4 Å². The predicted octanol–water partition coefficient (Wildman–Crippen LogP) is 4.20. The highest BCUT2D eigenvalue weighted by Crippen LogP contribution is 2.27. The normalized spacial score (nSPS) is 17.2. The highest BCUT2D eigenvalue weighted by molar-refractivity contribution is 5.89. The summed E-state index contributed by atoms with van der Waals surface area (Å²) in [6.45, 7) is 10.9. The van der Waals surface area contributed by atoms with Crippen molar-refractivity contribution in [3.63, 3.8) is 0 Å². The molecule has 6 nitrogen and oxygen atoms in total. The first-order valence-corrected chi connectivity index (χ1v) is 9.78. The number of carbonyl (C=O) groups is 1. The van der Waals surface area contributed by atoms with Crippen LogP contribution in [-0.4, -0.2) is 47.0 Å². The van der Waals surface area contributed by atoms with Gasteiger partial charge in [0.2, 0.25) is 0 Å². The van der Waals surface area contributed by atoms with E-state index in [0.717, 1.165) is 12.1 Å². The molecule has 1 N–H and O–H groups in total. The Morgan fingerprint density at radius 3 is 2.68 bits per heavy atom.